The Kier molecular flexibility index (Phi) is 4.35. The Labute approximate surface area is 116 Å². The standard InChI is InChI=1S/C11H9N5S.C2H6/c1-8-14-11(15-17-8)16-7-10(6-13-16)9-3-2-4-12-5-9;1-2/h2-7H,1H3;1-2H3. The molecule has 0 bridgehead atoms. The number of pyridine rings is 1. The van der Waals surface area contributed by atoms with Gasteiger partial charge in [-0.2, -0.15) is 9.47 Å². The lowest BCUT2D eigenvalue weighted by molar-refractivity contribution is 0.826. The summed E-state index contributed by atoms with van der Waals surface area (Å²) in [6, 6.07) is 3.89. The average Bonchev–Trinajstić information content (AvgIpc) is 3.10. The highest BCUT2D eigenvalue weighted by atomic mass is 32.1. The molecule has 6 heteroatoms. The summed E-state index contributed by atoms with van der Waals surface area (Å²) in [5.74, 6) is 0.614. The van der Waals surface area contributed by atoms with E-state index in [-0.39, 0.29) is 0 Å². The summed E-state index contributed by atoms with van der Waals surface area (Å²) in [5.41, 5.74) is 2.04. The number of hydrogen-bond acceptors (Lipinski definition) is 5. The third-order valence-corrected chi connectivity index (χ3v) is 2.91. The van der Waals surface area contributed by atoms with Gasteiger partial charge in [0.2, 0.25) is 0 Å². The third-order valence-electron chi connectivity index (χ3n) is 2.30. The van der Waals surface area contributed by atoms with E-state index in [2.05, 4.69) is 19.4 Å². The lowest BCUT2D eigenvalue weighted by atomic mass is 10.2. The molecule has 3 aromatic heterocycles. The van der Waals surface area contributed by atoms with Crippen molar-refractivity contribution in [3.63, 3.8) is 0 Å². The number of aromatic nitrogens is 5. The Hall–Kier alpha value is -2.08. The summed E-state index contributed by atoms with van der Waals surface area (Å²) in [6.45, 7) is 5.92. The van der Waals surface area contributed by atoms with Gasteiger partial charge in [-0.05, 0) is 24.5 Å². The van der Waals surface area contributed by atoms with Crippen LogP contribution in [0.5, 0.6) is 0 Å². The van der Waals surface area contributed by atoms with E-state index in [4.69, 9.17) is 0 Å². The summed E-state index contributed by atoms with van der Waals surface area (Å²) in [5, 5.41) is 5.18. The van der Waals surface area contributed by atoms with Crippen molar-refractivity contribution in [2.75, 3.05) is 0 Å². The van der Waals surface area contributed by atoms with Crippen LogP contribution in [0.1, 0.15) is 18.9 Å². The maximum atomic E-state index is 4.28. The zero-order valence-electron chi connectivity index (χ0n) is 11.1. The molecule has 0 fully saturated rings. The summed E-state index contributed by atoms with van der Waals surface area (Å²) in [6.07, 6.45) is 7.24. The fourth-order valence-corrected chi connectivity index (χ4v) is 1.96. The Morgan fingerprint density at radius 2 is 2.00 bits per heavy atom. The highest BCUT2D eigenvalue weighted by Gasteiger charge is 2.06. The van der Waals surface area contributed by atoms with Crippen molar-refractivity contribution >= 4 is 11.5 Å². The predicted molar refractivity (Wildman–Crippen MR) is 76.3 cm³/mol. The lowest BCUT2D eigenvalue weighted by Gasteiger charge is -1.94. The molecule has 19 heavy (non-hydrogen) atoms. The number of hydrogen-bond donors (Lipinski definition) is 0. The molecule has 0 atom stereocenters. The molecule has 0 amide bonds. The SMILES string of the molecule is CC.Cc1nc(-n2cc(-c3cccnc3)cn2)ns1. The van der Waals surface area contributed by atoms with Gasteiger partial charge in [-0.1, -0.05) is 19.9 Å². The van der Waals surface area contributed by atoms with Crippen molar-refractivity contribution in [2.24, 2.45) is 0 Å². The van der Waals surface area contributed by atoms with Gasteiger partial charge in [0.25, 0.3) is 5.95 Å². The van der Waals surface area contributed by atoms with E-state index in [1.165, 1.54) is 11.5 Å². The number of rotatable bonds is 2. The van der Waals surface area contributed by atoms with Crippen LogP contribution >= 0.6 is 11.5 Å². The molecule has 0 saturated heterocycles. The first-order valence-electron chi connectivity index (χ1n) is 6.09. The predicted octanol–water partition coefficient (Wildman–Crippen LogP) is 3.12. The minimum Gasteiger partial charge on any atom is -0.264 e. The second-order valence-electron chi connectivity index (χ2n) is 3.53. The van der Waals surface area contributed by atoms with Gasteiger partial charge < -0.3 is 0 Å². The van der Waals surface area contributed by atoms with Gasteiger partial charge in [0.1, 0.15) is 5.01 Å². The van der Waals surface area contributed by atoms with E-state index in [1.807, 2.05) is 39.1 Å². The van der Waals surface area contributed by atoms with Crippen LogP contribution in [0.25, 0.3) is 17.1 Å². The van der Waals surface area contributed by atoms with Crippen molar-refractivity contribution in [3.05, 3.63) is 41.9 Å². The van der Waals surface area contributed by atoms with Crippen LogP contribution in [0.3, 0.4) is 0 Å². The summed E-state index contributed by atoms with van der Waals surface area (Å²) in [4.78, 5) is 8.36. The van der Waals surface area contributed by atoms with Gasteiger partial charge >= 0.3 is 0 Å². The molecule has 98 valence electrons. The van der Waals surface area contributed by atoms with Crippen molar-refractivity contribution in [2.45, 2.75) is 20.8 Å². The Morgan fingerprint density at radius 1 is 1.16 bits per heavy atom. The highest BCUT2D eigenvalue weighted by Crippen LogP contribution is 2.18. The molecule has 0 aliphatic heterocycles. The first kappa shape index (κ1) is 13.4. The summed E-state index contributed by atoms with van der Waals surface area (Å²) in [7, 11) is 0. The quantitative estimate of drug-likeness (QED) is 0.720. The molecule has 0 aliphatic carbocycles. The van der Waals surface area contributed by atoms with E-state index in [0.717, 1.165) is 16.1 Å². The number of nitrogens with zero attached hydrogens (tertiary/aromatic N) is 5. The van der Waals surface area contributed by atoms with Gasteiger partial charge in [-0.25, -0.2) is 9.67 Å². The Balaban J connectivity index is 0.000000637. The van der Waals surface area contributed by atoms with E-state index >= 15 is 0 Å². The van der Waals surface area contributed by atoms with Crippen molar-refractivity contribution in [1.82, 2.24) is 24.1 Å². The maximum absolute atomic E-state index is 4.28. The molecule has 0 N–H and O–H groups in total. The maximum Gasteiger partial charge on any atom is 0.262 e. The van der Waals surface area contributed by atoms with Crippen molar-refractivity contribution in [1.29, 1.82) is 0 Å². The molecule has 0 spiro atoms. The lowest BCUT2D eigenvalue weighted by Crippen LogP contribution is -1.96. The molecule has 0 unspecified atom stereocenters. The van der Waals surface area contributed by atoms with Crippen LogP contribution in [0.2, 0.25) is 0 Å². The molecular formula is C13H15N5S. The van der Waals surface area contributed by atoms with Crippen LogP contribution < -0.4 is 0 Å². The van der Waals surface area contributed by atoms with Crippen LogP contribution in [0, 0.1) is 6.92 Å². The first-order valence-corrected chi connectivity index (χ1v) is 6.86. The second-order valence-corrected chi connectivity index (χ2v) is 4.48. The van der Waals surface area contributed by atoms with E-state index < -0.39 is 0 Å². The zero-order valence-corrected chi connectivity index (χ0v) is 11.9. The highest BCUT2D eigenvalue weighted by molar-refractivity contribution is 7.05. The van der Waals surface area contributed by atoms with Crippen LogP contribution in [-0.2, 0) is 0 Å². The zero-order chi connectivity index (χ0) is 13.7. The first-order chi connectivity index (χ1) is 9.33. The minimum atomic E-state index is 0.614. The molecular weight excluding hydrogens is 258 g/mol. The molecule has 0 aliphatic rings. The molecule has 0 radical (unpaired) electrons. The normalized spacial score (nSPS) is 9.84. The molecule has 0 aromatic carbocycles. The van der Waals surface area contributed by atoms with Gasteiger partial charge in [0.15, 0.2) is 0 Å². The molecule has 5 nitrogen and oxygen atoms in total. The average molecular weight is 273 g/mol. The topological polar surface area (TPSA) is 56.5 Å². The van der Waals surface area contributed by atoms with Gasteiger partial charge in [0.05, 0.1) is 6.20 Å². The van der Waals surface area contributed by atoms with Crippen LogP contribution in [0.4, 0.5) is 0 Å². The molecule has 3 rings (SSSR count). The smallest absolute Gasteiger partial charge is 0.262 e. The monoisotopic (exact) mass is 273 g/mol. The van der Waals surface area contributed by atoms with E-state index in [1.54, 1.807) is 23.3 Å². The fraction of sp³-hybridized carbons (Fsp3) is 0.231. The largest absolute Gasteiger partial charge is 0.264 e. The van der Waals surface area contributed by atoms with Gasteiger partial charge in [-0.3, -0.25) is 4.98 Å². The Bertz CT molecular complexity index is 629. The number of aryl methyl sites for hydroxylation is 1. The van der Waals surface area contributed by atoms with Crippen LogP contribution in [0.15, 0.2) is 36.9 Å². The third kappa shape index (κ3) is 3.03. The minimum absolute atomic E-state index is 0.614. The molecule has 0 saturated carbocycles. The van der Waals surface area contributed by atoms with Crippen LogP contribution in [-0.4, -0.2) is 24.1 Å². The van der Waals surface area contributed by atoms with Crippen molar-refractivity contribution in [3.8, 4) is 17.1 Å². The molecule has 3 aromatic rings. The van der Waals surface area contributed by atoms with Gasteiger partial charge in [-0.15, -0.1) is 0 Å². The van der Waals surface area contributed by atoms with E-state index in [9.17, 15) is 0 Å². The van der Waals surface area contributed by atoms with E-state index in [0.29, 0.717) is 5.95 Å². The summed E-state index contributed by atoms with van der Waals surface area (Å²) < 4.78 is 5.88. The van der Waals surface area contributed by atoms with Crippen molar-refractivity contribution < 1.29 is 0 Å². The van der Waals surface area contributed by atoms with Gasteiger partial charge in [0, 0.05) is 29.7 Å². The Morgan fingerprint density at radius 3 is 2.63 bits per heavy atom. The summed E-state index contributed by atoms with van der Waals surface area (Å²) >= 11 is 1.37. The molecule has 3 heterocycles. The second kappa shape index (κ2) is 6.19. The fourth-order valence-electron chi connectivity index (χ4n) is 1.50.